The van der Waals surface area contributed by atoms with Crippen LogP contribution in [0.4, 0.5) is 0 Å². The molecule has 1 fully saturated rings. The number of ether oxygens (including phenoxy) is 1. The van der Waals surface area contributed by atoms with Crippen LogP contribution in [0.25, 0.3) is 0 Å². The third-order valence-electron chi connectivity index (χ3n) is 4.42. The molecule has 5 heteroatoms. The van der Waals surface area contributed by atoms with E-state index < -0.39 is 18.3 Å². The third-order valence-corrected chi connectivity index (χ3v) is 4.42. The van der Waals surface area contributed by atoms with E-state index in [9.17, 15) is 15.3 Å². The molecular weight excluding hydrogens is 270 g/mol. The smallest absolute Gasteiger partial charge is 0.108 e. The van der Waals surface area contributed by atoms with Crippen LogP contribution in [0.1, 0.15) is 52.4 Å². The molecule has 4 atom stereocenters. The van der Waals surface area contributed by atoms with Gasteiger partial charge in [0.1, 0.15) is 6.10 Å². The van der Waals surface area contributed by atoms with Crippen LogP contribution in [0.5, 0.6) is 0 Å². The van der Waals surface area contributed by atoms with Crippen molar-refractivity contribution in [3.8, 4) is 0 Å². The van der Waals surface area contributed by atoms with Gasteiger partial charge in [0.15, 0.2) is 0 Å². The number of rotatable bonds is 10. The maximum Gasteiger partial charge on any atom is 0.108 e. The summed E-state index contributed by atoms with van der Waals surface area (Å²) in [5, 5.41) is 29.2. The first-order valence-corrected chi connectivity index (χ1v) is 8.44. The van der Waals surface area contributed by atoms with Crippen LogP contribution >= 0.6 is 0 Å². The van der Waals surface area contributed by atoms with E-state index in [1.54, 1.807) is 0 Å². The molecule has 0 amide bonds. The minimum absolute atomic E-state index is 0.0883. The van der Waals surface area contributed by atoms with Crippen molar-refractivity contribution in [2.24, 2.45) is 0 Å². The summed E-state index contributed by atoms with van der Waals surface area (Å²) in [7, 11) is 0. The topological polar surface area (TPSA) is 73.2 Å². The number of unbranched alkanes of at least 4 members (excludes halogenated alkanes) is 5. The molecule has 0 saturated carbocycles. The predicted octanol–water partition coefficient (Wildman–Crippen LogP) is 1.15. The lowest BCUT2D eigenvalue weighted by molar-refractivity contribution is -0.133. The van der Waals surface area contributed by atoms with E-state index in [-0.39, 0.29) is 6.04 Å². The number of β-amino-alcohol motifs (C(OH)–C–C–N with tert-alkyl or cyclic N) is 1. The molecule has 0 unspecified atom stereocenters. The molecule has 0 radical (unpaired) electrons. The van der Waals surface area contributed by atoms with E-state index in [2.05, 4.69) is 4.90 Å². The average molecular weight is 303 g/mol. The van der Waals surface area contributed by atoms with Gasteiger partial charge in [-0.1, -0.05) is 25.7 Å². The van der Waals surface area contributed by atoms with Gasteiger partial charge < -0.3 is 20.1 Å². The number of aliphatic hydroxyl groups is 3. The largest absolute Gasteiger partial charge is 0.389 e. The quantitative estimate of drug-likeness (QED) is 0.528. The SMILES string of the molecule is CCOCCCCCCCCN1C[C@H](O)[C@@H](O)[C@@H](O)[C@H]1C. The Morgan fingerprint density at radius 1 is 0.952 bits per heavy atom. The maximum absolute atomic E-state index is 9.87. The summed E-state index contributed by atoms with van der Waals surface area (Å²) >= 11 is 0. The lowest BCUT2D eigenvalue weighted by Crippen LogP contribution is -2.60. The molecule has 21 heavy (non-hydrogen) atoms. The van der Waals surface area contributed by atoms with Crippen LogP contribution in [-0.4, -0.2) is 70.9 Å². The van der Waals surface area contributed by atoms with Gasteiger partial charge in [-0.05, 0) is 33.2 Å². The molecule has 0 aromatic carbocycles. The standard InChI is InChI=1S/C16H33NO4/c1-3-21-11-9-7-5-4-6-8-10-17-12-14(18)16(20)15(19)13(17)2/h13-16,18-20H,3-12H2,1-2H3/t13-,14+,15+,16-/m1/s1. The van der Waals surface area contributed by atoms with Gasteiger partial charge in [-0.15, -0.1) is 0 Å². The average Bonchev–Trinajstić information content (AvgIpc) is 2.48. The van der Waals surface area contributed by atoms with E-state index in [1.165, 1.54) is 25.7 Å². The van der Waals surface area contributed by atoms with E-state index in [1.807, 2.05) is 13.8 Å². The summed E-state index contributed by atoms with van der Waals surface area (Å²) in [5.74, 6) is 0. The number of piperidine rings is 1. The molecular formula is C16H33NO4. The second-order valence-electron chi connectivity index (χ2n) is 6.10. The Labute approximate surface area is 128 Å². The Morgan fingerprint density at radius 3 is 2.24 bits per heavy atom. The number of hydrogen-bond donors (Lipinski definition) is 3. The Kier molecular flexibility index (Phi) is 9.44. The van der Waals surface area contributed by atoms with Crippen molar-refractivity contribution >= 4 is 0 Å². The van der Waals surface area contributed by atoms with Gasteiger partial charge in [0.2, 0.25) is 0 Å². The highest BCUT2D eigenvalue weighted by Gasteiger charge is 2.38. The Hall–Kier alpha value is -0.200. The highest BCUT2D eigenvalue weighted by molar-refractivity contribution is 4.91. The fraction of sp³-hybridized carbons (Fsp3) is 1.00. The number of nitrogens with zero attached hydrogens (tertiary/aromatic N) is 1. The zero-order valence-corrected chi connectivity index (χ0v) is 13.6. The van der Waals surface area contributed by atoms with Crippen LogP contribution in [-0.2, 0) is 4.74 Å². The molecule has 1 heterocycles. The van der Waals surface area contributed by atoms with Crippen molar-refractivity contribution in [1.29, 1.82) is 0 Å². The lowest BCUT2D eigenvalue weighted by atomic mass is 9.94. The van der Waals surface area contributed by atoms with Crippen molar-refractivity contribution < 1.29 is 20.1 Å². The minimum atomic E-state index is -1.01. The van der Waals surface area contributed by atoms with Gasteiger partial charge in [0, 0.05) is 25.8 Å². The second-order valence-corrected chi connectivity index (χ2v) is 6.10. The molecule has 1 aliphatic heterocycles. The third kappa shape index (κ3) is 6.61. The zero-order chi connectivity index (χ0) is 15.7. The first-order valence-electron chi connectivity index (χ1n) is 8.44. The molecule has 0 bridgehead atoms. The summed E-state index contributed by atoms with van der Waals surface area (Å²) in [5.41, 5.74) is 0. The number of likely N-dealkylation sites (tertiary alicyclic amines) is 1. The molecule has 126 valence electrons. The second kappa shape index (κ2) is 10.5. The van der Waals surface area contributed by atoms with E-state index in [4.69, 9.17) is 4.74 Å². The normalized spacial score (nSPS) is 30.7. The van der Waals surface area contributed by atoms with Crippen LogP contribution in [0.2, 0.25) is 0 Å². The maximum atomic E-state index is 9.87. The molecule has 5 nitrogen and oxygen atoms in total. The van der Waals surface area contributed by atoms with Crippen molar-refractivity contribution in [3.05, 3.63) is 0 Å². The summed E-state index contributed by atoms with van der Waals surface area (Å²) in [6, 6.07) is -0.0883. The molecule has 1 rings (SSSR count). The minimum Gasteiger partial charge on any atom is -0.389 e. The van der Waals surface area contributed by atoms with Crippen LogP contribution in [0.3, 0.4) is 0 Å². The van der Waals surface area contributed by atoms with Gasteiger partial charge in [-0.2, -0.15) is 0 Å². The fourth-order valence-electron chi connectivity index (χ4n) is 2.91. The number of aliphatic hydroxyl groups excluding tert-OH is 3. The van der Waals surface area contributed by atoms with Crippen LogP contribution in [0.15, 0.2) is 0 Å². The summed E-state index contributed by atoms with van der Waals surface area (Å²) in [4.78, 5) is 2.08. The Bertz CT molecular complexity index is 265. The highest BCUT2D eigenvalue weighted by Crippen LogP contribution is 2.19. The Morgan fingerprint density at radius 2 is 1.57 bits per heavy atom. The van der Waals surface area contributed by atoms with Gasteiger partial charge in [0.25, 0.3) is 0 Å². The molecule has 0 aromatic heterocycles. The van der Waals surface area contributed by atoms with Crippen molar-refractivity contribution in [1.82, 2.24) is 4.90 Å². The van der Waals surface area contributed by atoms with Crippen molar-refractivity contribution in [2.75, 3.05) is 26.3 Å². The van der Waals surface area contributed by atoms with Gasteiger partial charge in [-0.3, -0.25) is 4.90 Å². The first-order chi connectivity index (χ1) is 10.1. The summed E-state index contributed by atoms with van der Waals surface area (Å²) < 4.78 is 5.31. The van der Waals surface area contributed by atoms with E-state index in [0.717, 1.165) is 32.6 Å². The van der Waals surface area contributed by atoms with Gasteiger partial charge in [-0.25, -0.2) is 0 Å². The molecule has 0 aromatic rings. The predicted molar refractivity (Wildman–Crippen MR) is 83.3 cm³/mol. The molecule has 0 spiro atoms. The van der Waals surface area contributed by atoms with Crippen molar-refractivity contribution in [2.45, 2.75) is 76.7 Å². The van der Waals surface area contributed by atoms with E-state index >= 15 is 0 Å². The molecule has 1 saturated heterocycles. The van der Waals surface area contributed by atoms with Crippen LogP contribution in [0, 0.1) is 0 Å². The lowest BCUT2D eigenvalue weighted by Gasteiger charge is -2.42. The van der Waals surface area contributed by atoms with Crippen LogP contribution < -0.4 is 0 Å². The molecule has 0 aliphatic carbocycles. The zero-order valence-electron chi connectivity index (χ0n) is 13.6. The van der Waals surface area contributed by atoms with Gasteiger partial charge in [0.05, 0.1) is 12.2 Å². The highest BCUT2D eigenvalue weighted by atomic mass is 16.5. The summed E-state index contributed by atoms with van der Waals surface area (Å²) in [6.45, 7) is 6.94. The first kappa shape index (κ1) is 18.8. The van der Waals surface area contributed by atoms with Gasteiger partial charge >= 0.3 is 0 Å². The molecule has 1 aliphatic rings. The number of hydrogen-bond acceptors (Lipinski definition) is 5. The fourth-order valence-corrected chi connectivity index (χ4v) is 2.91. The molecule has 3 N–H and O–H groups in total. The summed E-state index contributed by atoms with van der Waals surface area (Å²) in [6.07, 6.45) is 4.38. The van der Waals surface area contributed by atoms with E-state index in [0.29, 0.717) is 6.54 Å². The van der Waals surface area contributed by atoms with Crippen molar-refractivity contribution in [3.63, 3.8) is 0 Å². The monoisotopic (exact) mass is 303 g/mol. The Balaban J connectivity index is 2.04.